The molecule has 1 aromatic heterocycles. The molecule has 0 spiro atoms. The summed E-state index contributed by atoms with van der Waals surface area (Å²) in [6.07, 6.45) is 2.32. The van der Waals surface area contributed by atoms with Crippen molar-refractivity contribution in [2.45, 2.75) is 44.9 Å². The molecule has 2 saturated heterocycles. The number of piperidine rings is 1. The van der Waals surface area contributed by atoms with E-state index in [1.807, 2.05) is 34.1 Å². The van der Waals surface area contributed by atoms with Gasteiger partial charge in [0.25, 0.3) is 5.91 Å². The number of nitrogens with one attached hydrogen (secondary N) is 2. The number of nitrogens with zero attached hydrogens (tertiary/aromatic N) is 6. The fourth-order valence-corrected chi connectivity index (χ4v) is 5.08. The minimum atomic E-state index is -1.19. The average Bonchev–Trinajstić information content (AvgIpc) is 2.92. The van der Waals surface area contributed by atoms with E-state index in [1.165, 1.54) is 0 Å². The van der Waals surface area contributed by atoms with Crippen molar-refractivity contribution in [2.75, 3.05) is 54.4 Å². The number of carbonyl (C=O) groups excluding carboxylic acids is 1. The molecule has 0 aliphatic carbocycles. The summed E-state index contributed by atoms with van der Waals surface area (Å²) in [6, 6.07) is 9.94. The highest BCUT2D eigenvalue weighted by atomic mass is 16.4. The summed E-state index contributed by atoms with van der Waals surface area (Å²) >= 11 is 0. The van der Waals surface area contributed by atoms with Crippen molar-refractivity contribution >= 4 is 35.3 Å². The Kier molecular flexibility index (Phi) is 8.64. The Morgan fingerprint density at radius 2 is 1.82 bits per heavy atom. The first-order chi connectivity index (χ1) is 18.6. The van der Waals surface area contributed by atoms with E-state index in [0.29, 0.717) is 63.2 Å². The maximum Gasteiger partial charge on any atom is 0.254 e. The van der Waals surface area contributed by atoms with Gasteiger partial charge in [0.05, 0.1) is 11.7 Å². The third-order valence-corrected chi connectivity index (χ3v) is 7.37. The average molecular weight is 536 g/mol. The lowest BCUT2D eigenvalue weighted by Crippen LogP contribution is -2.56. The Morgan fingerprint density at radius 1 is 1.18 bits per heavy atom. The molecule has 2 aliphatic heterocycles. The molecule has 1 amide bonds. The van der Waals surface area contributed by atoms with E-state index in [2.05, 4.69) is 26.3 Å². The molecule has 39 heavy (non-hydrogen) atoms. The van der Waals surface area contributed by atoms with Crippen LogP contribution in [0.2, 0.25) is 0 Å². The number of benzene rings is 1. The zero-order valence-electron chi connectivity index (χ0n) is 22.5. The van der Waals surface area contributed by atoms with Crippen molar-refractivity contribution in [1.82, 2.24) is 14.9 Å². The number of aliphatic hydroxyl groups excluding tert-OH is 1. The summed E-state index contributed by atoms with van der Waals surface area (Å²) in [5.41, 5.74) is 6.38. The van der Waals surface area contributed by atoms with Gasteiger partial charge in [0.15, 0.2) is 0 Å². The highest BCUT2D eigenvalue weighted by Crippen LogP contribution is 2.28. The van der Waals surface area contributed by atoms with Gasteiger partial charge in [0.2, 0.25) is 5.95 Å². The van der Waals surface area contributed by atoms with Gasteiger partial charge in [-0.05, 0) is 56.9 Å². The van der Waals surface area contributed by atoms with E-state index in [0.717, 1.165) is 24.7 Å². The number of anilines is 4. The predicted octanol–water partition coefficient (Wildman–Crippen LogP) is 1.66. The Hall–Kier alpha value is -3.79. The summed E-state index contributed by atoms with van der Waals surface area (Å²) in [5.74, 6) is 0.285. The third kappa shape index (κ3) is 6.62. The summed E-state index contributed by atoms with van der Waals surface area (Å²) < 4.78 is 0. The Morgan fingerprint density at radius 3 is 2.36 bits per heavy atom. The Bertz CT molecular complexity index is 1210. The summed E-state index contributed by atoms with van der Waals surface area (Å²) in [6.45, 7) is 7.23. The minimum Gasteiger partial charge on any atom is -0.386 e. The molecule has 2 fully saturated rings. The van der Waals surface area contributed by atoms with Gasteiger partial charge in [-0.3, -0.25) is 9.69 Å². The maximum atomic E-state index is 12.3. The van der Waals surface area contributed by atoms with Crippen molar-refractivity contribution < 1.29 is 15.0 Å². The van der Waals surface area contributed by atoms with Crippen LogP contribution in [-0.4, -0.2) is 88.3 Å². The molecule has 3 heterocycles. The fraction of sp³-hybridized carbons (Fsp3) is 0.519. The molecule has 208 valence electrons. The van der Waals surface area contributed by atoms with Crippen LogP contribution in [0, 0.1) is 22.7 Å². The van der Waals surface area contributed by atoms with Gasteiger partial charge in [0, 0.05) is 63.3 Å². The number of amides is 1. The molecule has 4 rings (SSSR count). The number of aromatic nitrogens is 2. The monoisotopic (exact) mass is 535 g/mol. The van der Waals surface area contributed by atoms with Crippen LogP contribution in [0.15, 0.2) is 24.3 Å². The quantitative estimate of drug-likeness (QED) is 0.296. The highest BCUT2D eigenvalue weighted by molar-refractivity contribution is 6.04. The number of nitrogens with two attached hydrogens (primary N) is 1. The number of nitriles is 1. The van der Waals surface area contributed by atoms with Gasteiger partial charge in [-0.15, -0.1) is 0 Å². The van der Waals surface area contributed by atoms with Gasteiger partial charge < -0.3 is 36.5 Å². The molecule has 0 radical (unpaired) electrons. The molecular formula is C27H37N9O3. The fourth-order valence-electron chi connectivity index (χ4n) is 5.08. The van der Waals surface area contributed by atoms with Gasteiger partial charge in [0.1, 0.15) is 23.3 Å². The number of hydrogen-bond donors (Lipinski definition) is 5. The zero-order chi connectivity index (χ0) is 28.2. The van der Waals surface area contributed by atoms with E-state index in [9.17, 15) is 15.0 Å². The molecule has 1 aromatic carbocycles. The molecule has 0 saturated carbocycles. The third-order valence-electron chi connectivity index (χ3n) is 7.37. The van der Waals surface area contributed by atoms with E-state index < -0.39 is 17.7 Å². The van der Waals surface area contributed by atoms with E-state index in [1.54, 1.807) is 13.8 Å². The van der Waals surface area contributed by atoms with Crippen LogP contribution in [0.5, 0.6) is 0 Å². The molecule has 0 bridgehead atoms. The van der Waals surface area contributed by atoms with Crippen LogP contribution in [-0.2, 0) is 0 Å². The lowest BCUT2D eigenvalue weighted by molar-refractivity contribution is -0.132. The van der Waals surface area contributed by atoms with Crippen LogP contribution >= 0.6 is 0 Å². The molecule has 12 heteroatoms. The van der Waals surface area contributed by atoms with E-state index in [-0.39, 0.29) is 17.1 Å². The summed E-state index contributed by atoms with van der Waals surface area (Å²) in [5, 5.41) is 40.5. The second-order valence-corrected chi connectivity index (χ2v) is 10.7. The number of carbonyl (C=O) groups is 1. The topological polar surface area (TPSA) is 179 Å². The van der Waals surface area contributed by atoms with Crippen LogP contribution in [0.1, 0.15) is 49.2 Å². The van der Waals surface area contributed by atoms with Crippen molar-refractivity contribution in [3.63, 3.8) is 0 Å². The zero-order valence-corrected chi connectivity index (χ0v) is 22.5. The van der Waals surface area contributed by atoms with Gasteiger partial charge in [-0.2, -0.15) is 10.2 Å². The van der Waals surface area contributed by atoms with Gasteiger partial charge in [-0.1, -0.05) is 0 Å². The summed E-state index contributed by atoms with van der Waals surface area (Å²) in [4.78, 5) is 27.5. The second-order valence-electron chi connectivity index (χ2n) is 10.7. The Labute approximate surface area is 228 Å². The molecule has 2 aromatic rings. The molecule has 12 nitrogen and oxygen atoms in total. The lowest BCUT2D eigenvalue weighted by Gasteiger charge is -2.41. The first kappa shape index (κ1) is 28.2. The number of aliphatic hydroxyl groups is 2. The number of piperazine rings is 1. The summed E-state index contributed by atoms with van der Waals surface area (Å²) in [7, 11) is 0. The van der Waals surface area contributed by atoms with Gasteiger partial charge >= 0.3 is 0 Å². The smallest absolute Gasteiger partial charge is 0.254 e. The van der Waals surface area contributed by atoms with Crippen LogP contribution in [0.4, 0.5) is 23.1 Å². The van der Waals surface area contributed by atoms with Crippen molar-refractivity contribution in [3.05, 3.63) is 35.5 Å². The number of hydrogen-bond acceptors (Lipinski definition) is 11. The molecule has 2 aliphatic rings. The number of rotatable bonds is 9. The first-order valence-electron chi connectivity index (χ1n) is 13.2. The predicted molar refractivity (Wildman–Crippen MR) is 149 cm³/mol. The normalized spacial score (nSPS) is 17.9. The molecule has 1 atom stereocenters. The van der Waals surface area contributed by atoms with Gasteiger partial charge in [-0.25, -0.2) is 4.98 Å². The van der Waals surface area contributed by atoms with Crippen LogP contribution in [0.25, 0.3) is 0 Å². The minimum absolute atomic E-state index is 0.0543. The van der Waals surface area contributed by atoms with Crippen molar-refractivity contribution in [1.29, 1.82) is 10.7 Å². The van der Waals surface area contributed by atoms with E-state index >= 15 is 0 Å². The second kappa shape index (κ2) is 11.9. The SMILES string of the molecule is CC(C)(O)C(O)N1CCN(c2ccc(Nc3nc(N4CCC(CC#N)CC4)nc(C=N)c3C(N)=O)cc2)CC1. The van der Waals surface area contributed by atoms with Crippen LogP contribution < -0.4 is 20.9 Å². The molecule has 1 unspecified atom stereocenters. The van der Waals surface area contributed by atoms with E-state index in [4.69, 9.17) is 16.4 Å². The first-order valence-corrected chi connectivity index (χ1v) is 13.2. The maximum absolute atomic E-state index is 12.3. The van der Waals surface area contributed by atoms with Crippen molar-refractivity contribution in [2.24, 2.45) is 11.7 Å². The Balaban J connectivity index is 1.49. The molecule has 6 N–H and O–H groups in total. The standard InChI is InChI=1S/C27H37N9O3/c1-27(2,39)25(38)35-15-13-34(14-16-35)20-5-3-19(4-6-20)31-24-22(23(30)37)21(17-29)32-26(33-24)36-11-8-18(7-10-28)9-12-36/h3-6,17-18,25,29,38-39H,7-9,11-16H2,1-2H3,(H2,30,37)(H,31,32,33). The molecular weight excluding hydrogens is 498 g/mol. The van der Waals surface area contributed by atoms with Crippen LogP contribution in [0.3, 0.4) is 0 Å². The van der Waals surface area contributed by atoms with Crippen molar-refractivity contribution in [3.8, 4) is 6.07 Å². The largest absolute Gasteiger partial charge is 0.386 e. The highest BCUT2D eigenvalue weighted by Gasteiger charge is 2.32. The number of primary amides is 1. The lowest BCUT2D eigenvalue weighted by atomic mass is 9.94.